The average molecular weight is 593 g/mol. The number of amides is 3. The molecule has 4 rings (SSSR count). The lowest BCUT2D eigenvalue weighted by Crippen LogP contribution is -2.57. The van der Waals surface area contributed by atoms with E-state index < -0.39 is 47.8 Å². The maximum absolute atomic E-state index is 13.6. The van der Waals surface area contributed by atoms with E-state index >= 15 is 0 Å². The van der Waals surface area contributed by atoms with Gasteiger partial charge in [0.1, 0.15) is 29.4 Å². The zero-order chi connectivity index (χ0) is 30.1. The van der Waals surface area contributed by atoms with E-state index in [1.807, 2.05) is 6.07 Å². The van der Waals surface area contributed by atoms with E-state index in [0.717, 1.165) is 4.70 Å². The zero-order valence-electron chi connectivity index (χ0n) is 23.0. The molecule has 0 radical (unpaired) electrons. The van der Waals surface area contributed by atoms with Crippen LogP contribution in [0.15, 0.2) is 34.2 Å². The minimum absolute atomic E-state index is 0.175. The highest BCUT2D eigenvalue weighted by Crippen LogP contribution is 2.29. The van der Waals surface area contributed by atoms with Crippen LogP contribution in [-0.4, -0.2) is 64.4 Å². The van der Waals surface area contributed by atoms with Crippen molar-refractivity contribution in [2.45, 2.75) is 71.3 Å². The monoisotopic (exact) mass is 592 g/mol. The highest BCUT2D eigenvalue weighted by atomic mass is 32.1. The molecule has 3 aromatic rings. The van der Waals surface area contributed by atoms with Crippen LogP contribution in [0.2, 0.25) is 0 Å². The number of carbonyl (C=O) groups is 4. The smallest absolute Gasteiger partial charge is 0.361 e. The second-order valence-electron chi connectivity index (χ2n) is 10.5. The Morgan fingerprint density at radius 2 is 1.85 bits per heavy atom. The Hall–Kier alpha value is -3.74. The number of nitrogens with zero attached hydrogens (tertiary/aromatic N) is 2. The first-order chi connectivity index (χ1) is 19.3. The van der Waals surface area contributed by atoms with Crippen molar-refractivity contribution in [1.29, 1.82) is 0 Å². The molecule has 1 saturated heterocycles. The molecule has 0 spiro atoms. The van der Waals surface area contributed by atoms with Crippen molar-refractivity contribution in [1.82, 2.24) is 20.7 Å². The SMILES string of the molecule is Cc1noc(C)c1C(=O)NC(C(=O)N1CCCC1C(=O)NC(Cc1csc2ccccc12)C(=O)C(F)(F)F)C(C)C. The molecule has 3 atom stereocenters. The predicted molar refractivity (Wildman–Crippen MR) is 145 cm³/mol. The van der Waals surface area contributed by atoms with E-state index in [9.17, 15) is 32.3 Å². The van der Waals surface area contributed by atoms with Gasteiger partial charge in [0.05, 0.1) is 5.69 Å². The number of ketones is 1. The molecular formula is C28H31F3N4O5S. The Kier molecular flexibility index (Phi) is 8.86. The van der Waals surface area contributed by atoms with Crippen molar-refractivity contribution in [3.8, 4) is 0 Å². The van der Waals surface area contributed by atoms with Crippen LogP contribution in [0, 0.1) is 19.8 Å². The van der Waals surface area contributed by atoms with Crippen LogP contribution in [0.25, 0.3) is 10.1 Å². The van der Waals surface area contributed by atoms with Crippen LogP contribution in [-0.2, 0) is 20.8 Å². The van der Waals surface area contributed by atoms with Crippen molar-refractivity contribution in [2.24, 2.45) is 5.92 Å². The summed E-state index contributed by atoms with van der Waals surface area (Å²) in [5.41, 5.74) is 1.07. The second-order valence-corrected chi connectivity index (χ2v) is 11.4. The van der Waals surface area contributed by atoms with Crippen LogP contribution < -0.4 is 10.6 Å². The van der Waals surface area contributed by atoms with Gasteiger partial charge in [0.15, 0.2) is 0 Å². The minimum atomic E-state index is -5.17. The number of carbonyl (C=O) groups excluding carboxylic acids is 4. The van der Waals surface area contributed by atoms with Gasteiger partial charge in [-0.25, -0.2) is 0 Å². The van der Waals surface area contributed by atoms with E-state index in [4.69, 9.17) is 4.52 Å². The molecular weight excluding hydrogens is 561 g/mol. The summed E-state index contributed by atoms with van der Waals surface area (Å²) in [5, 5.41) is 11.1. The van der Waals surface area contributed by atoms with Gasteiger partial charge in [-0.05, 0) is 55.0 Å². The number of rotatable bonds is 9. The molecule has 3 amide bonds. The molecule has 2 aromatic heterocycles. The molecule has 13 heteroatoms. The molecule has 0 bridgehead atoms. The molecule has 1 aliphatic heterocycles. The Balaban J connectivity index is 1.53. The van der Waals surface area contributed by atoms with Gasteiger partial charge in [0, 0.05) is 17.7 Å². The van der Waals surface area contributed by atoms with Crippen LogP contribution in [0.4, 0.5) is 13.2 Å². The summed E-state index contributed by atoms with van der Waals surface area (Å²) in [6, 6.07) is 3.14. The number of hydrogen-bond acceptors (Lipinski definition) is 7. The molecule has 1 aliphatic rings. The summed E-state index contributed by atoms with van der Waals surface area (Å²) >= 11 is 1.33. The number of likely N-dealkylation sites (tertiary alicyclic amines) is 1. The minimum Gasteiger partial charge on any atom is -0.361 e. The lowest BCUT2D eigenvalue weighted by Gasteiger charge is -2.31. The van der Waals surface area contributed by atoms with Crippen LogP contribution in [0.1, 0.15) is 54.1 Å². The number of aryl methyl sites for hydroxylation is 2. The van der Waals surface area contributed by atoms with Crippen molar-refractivity contribution in [3.63, 3.8) is 0 Å². The van der Waals surface area contributed by atoms with E-state index in [2.05, 4.69) is 15.8 Å². The number of thiophene rings is 1. The lowest BCUT2D eigenvalue weighted by molar-refractivity contribution is -0.173. The molecule has 3 unspecified atom stereocenters. The average Bonchev–Trinajstić information content (AvgIpc) is 3.64. The highest BCUT2D eigenvalue weighted by Gasteiger charge is 2.46. The third kappa shape index (κ3) is 6.45. The van der Waals surface area contributed by atoms with Gasteiger partial charge in [-0.15, -0.1) is 11.3 Å². The Labute approximate surface area is 238 Å². The van der Waals surface area contributed by atoms with Gasteiger partial charge < -0.3 is 20.1 Å². The molecule has 0 saturated carbocycles. The Morgan fingerprint density at radius 3 is 2.49 bits per heavy atom. The summed E-state index contributed by atoms with van der Waals surface area (Å²) < 4.78 is 46.5. The number of halogens is 3. The molecule has 2 N–H and O–H groups in total. The van der Waals surface area contributed by atoms with Crippen molar-refractivity contribution in [3.05, 3.63) is 52.2 Å². The number of aromatic nitrogens is 1. The molecule has 1 aromatic carbocycles. The van der Waals surface area contributed by atoms with Crippen LogP contribution in [0.5, 0.6) is 0 Å². The van der Waals surface area contributed by atoms with Gasteiger partial charge in [-0.1, -0.05) is 37.2 Å². The van der Waals surface area contributed by atoms with Gasteiger partial charge in [-0.3, -0.25) is 19.2 Å². The first kappa shape index (κ1) is 30.2. The maximum Gasteiger partial charge on any atom is 0.452 e. The summed E-state index contributed by atoms with van der Waals surface area (Å²) in [5.74, 6) is -4.11. The Morgan fingerprint density at radius 1 is 1.15 bits per heavy atom. The first-order valence-electron chi connectivity index (χ1n) is 13.2. The van der Waals surface area contributed by atoms with Crippen molar-refractivity contribution >= 4 is 44.9 Å². The van der Waals surface area contributed by atoms with E-state index in [1.165, 1.54) is 16.2 Å². The third-order valence-corrected chi connectivity index (χ3v) is 8.23. The number of Topliss-reactive ketones (excluding diaryl/α,β-unsaturated/α-hetero) is 1. The fraction of sp³-hybridized carbons (Fsp3) is 0.464. The fourth-order valence-corrected chi connectivity index (χ4v) is 6.08. The molecule has 1 fully saturated rings. The van der Waals surface area contributed by atoms with Gasteiger partial charge in [0.25, 0.3) is 11.7 Å². The number of alkyl halides is 3. The van der Waals surface area contributed by atoms with Gasteiger partial charge >= 0.3 is 6.18 Å². The number of hydrogen-bond donors (Lipinski definition) is 2. The second kappa shape index (κ2) is 12.0. The number of fused-ring (bicyclic) bond motifs is 1. The van der Waals surface area contributed by atoms with E-state index in [-0.39, 0.29) is 36.6 Å². The largest absolute Gasteiger partial charge is 0.452 e. The van der Waals surface area contributed by atoms with E-state index in [1.54, 1.807) is 51.3 Å². The van der Waals surface area contributed by atoms with Crippen LogP contribution >= 0.6 is 11.3 Å². The topological polar surface area (TPSA) is 122 Å². The van der Waals surface area contributed by atoms with E-state index in [0.29, 0.717) is 23.1 Å². The molecule has 41 heavy (non-hydrogen) atoms. The first-order valence-corrected chi connectivity index (χ1v) is 14.1. The van der Waals surface area contributed by atoms with Crippen molar-refractivity contribution < 1.29 is 36.9 Å². The summed E-state index contributed by atoms with van der Waals surface area (Å²) in [4.78, 5) is 53.6. The summed E-state index contributed by atoms with van der Waals surface area (Å²) in [6.45, 7) is 6.79. The van der Waals surface area contributed by atoms with Crippen molar-refractivity contribution in [2.75, 3.05) is 6.54 Å². The third-order valence-electron chi connectivity index (χ3n) is 7.22. The van der Waals surface area contributed by atoms with Crippen LogP contribution in [0.3, 0.4) is 0 Å². The lowest BCUT2D eigenvalue weighted by atomic mass is 10.00. The highest BCUT2D eigenvalue weighted by molar-refractivity contribution is 7.17. The quantitative estimate of drug-likeness (QED) is 0.386. The molecule has 220 valence electrons. The Bertz CT molecular complexity index is 1440. The maximum atomic E-state index is 13.6. The summed E-state index contributed by atoms with van der Waals surface area (Å²) in [7, 11) is 0. The van der Waals surface area contributed by atoms with Gasteiger partial charge in [0.2, 0.25) is 11.8 Å². The fourth-order valence-electron chi connectivity index (χ4n) is 5.10. The predicted octanol–water partition coefficient (Wildman–Crippen LogP) is 4.11. The molecule has 3 heterocycles. The normalized spacial score (nSPS) is 17.1. The molecule has 9 nitrogen and oxygen atoms in total. The zero-order valence-corrected chi connectivity index (χ0v) is 23.8. The molecule has 0 aliphatic carbocycles. The number of nitrogens with one attached hydrogen (secondary N) is 2. The standard InChI is InChI=1S/C28H31F3N4O5S/c1-14(2)23(33-26(38)22-15(3)34-40-16(22)4)27(39)35-11-7-9-20(35)25(37)32-19(24(36)28(29,30)31)12-17-13-41-21-10-6-5-8-18(17)21/h5-6,8,10,13-14,19-20,23H,7,9,11-12H2,1-4H3,(H,32,37)(H,33,38). The number of benzene rings is 1. The van der Waals surface area contributed by atoms with Gasteiger partial charge in [-0.2, -0.15) is 13.2 Å². The summed E-state index contributed by atoms with van der Waals surface area (Å²) in [6.07, 6.45) is -4.88.